The number of hydrogen-bond acceptors (Lipinski definition) is 1. The zero-order valence-electron chi connectivity index (χ0n) is 7.13. The van der Waals surface area contributed by atoms with Gasteiger partial charge in [0.05, 0.1) is 12.9 Å². The van der Waals surface area contributed by atoms with Crippen molar-refractivity contribution in [2.45, 2.75) is 20.3 Å². The molecule has 0 fully saturated rings. The van der Waals surface area contributed by atoms with Crippen LogP contribution in [0.5, 0.6) is 0 Å². The second-order valence-corrected chi connectivity index (χ2v) is 2.25. The lowest BCUT2D eigenvalue weighted by Gasteiger charge is -1.98. The van der Waals surface area contributed by atoms with Gasteiger partial charge in [-0.1, -0.05) is 17.6 Å². The molecule has 0 amide bonds. The summed E-state index contributed by atoms with van der Waals surface area (Å²) in [6.07, 6.45) is 11.3. The van der Waals surface area contributed by atoms with Crippen molar-refractivity contribution in [1.29, 1.82) is 0 Å². The SMILES string of the molecule is C#C/C=C(\C)CCO/C=C/C. The summed E-state index contributed by atoms with van der Waals surface area (Å²) in [5.41, 5.74) is 1.18. The Bertz CT molecular complexity index is 182. The molecular formula is C10H14O. The third-order valence-electron chi connectivity index (χ3n) is 1.18. The summed E-state index contributed by atoms with van der Waals surface area (Å²) >= 11 is 0. The van der Waals surface area contributed by atoms with Crippen molar-refractivity contribution < 1.29 is 4.74 Å². The van der Waals surface area contributed by atoms with Crippen LogP contribution in [0.3, 0.4) is 0 Å². The minimum Gasteiger partial charge on any atom is -0.501 e. The van der Waals surface area contributed by atoms with E-state index in [4.69, 9.17) is 11.2 Å². The number of terminal acetylenes is 1. The highest BCUT2D eigenvalue weighted by Gasteiger charge is 1.86. The van der Waals surface area contributed by atoms with E-state index >= 15 is 0 Å². The van der Waals surface area contributed by atoms with E-state index in [0.29, 0.717) is 6.61 Å². The van der Waals surface area contributed by atoms with Gasteiger partial charge in [-0.2, -0.15) is 0 Å². The van der Waals surface area contributed by atoms with Gasteiger partial charge < -0.3 is 4.74 Å². The summed E-state index contributed by atoms with van der Waals surface area (Å²) in [4.78, 5) is 0. The first kappa shape index (κ1) is 9.84. The first-order chi connectivity index (χ1) is 5.31. The highest BCUT2D eigenvalue weighted by atomic mass is 16.5. The van der Waals surface area contributed by atoms with Crippen molar-refractivity contribution in [2.24, 2.45) is 0 Å². The summed E-state index contributed by atoms with van der Waals surface area (Å²) in [6, 6.07) is 0. The van der Waals surface area contributed by atoms with E-state index in [0.717, 1.165) is 6.42 Å². The Morgan fingerprint density at radius 1 is 1.64 bits per heavy atom. The van der Waals surface area contributed by atoms with Crippen LogP contribution in [0.1, 0.15) is 20.3 Å². The van der Waals surface area contributed by atoms with Gasteiger partial charge in [0.25, 0.3) is 0 Å². The normalized spacial score (nSPS) is 11.5. The molecule has 0 unspecified atom stereocenters. The summed E-state index contributed by atoms with van der Waals surface area (Å²) in [6.45, 7) is 4.62. The van der Waals surface area contributed by atoms with E-state index in [1.54, 1.807) is 12.3 Å². The lowest BCUT2D eigenvalue weighted by atomic mass is 10.2. The fourth-order valence-corrected chi connectivity index (χ4v) is 0.599. The van der Waals surface area contributed by atoms with Crippen LogP contribution in [0.2, 0.25) is 0 Å². The van der Waals surface area contributed by atoms with E-state index in [2.05, 4.69) is 5.92 Å². The van der Waals surface area contributed by atoms with Crippen molar-refractivity contribution in [1.82, 2.24) is 0 Å². The molecule has 0 saturated carbocycles. The van der Waals surface area contributed by atoms with Crippen molar-refractivity contribution >= 4 is 0 Å². The smallest absolute Gasteiger partial charge is 0.0910 e. The minimum absolute atomic E-state index is 0.703. The molecule has 0 aliphatic carbocycles. The Kier molecular flexibility index (Phi) is 6.22. The van der Waals surface area contributed by atoms with Gasteiger partial charge in [-0.3, -0.25) is 0 Å². The first-order valence-electron chi connectivity index (χ1n) is 3.65. The van der Waals surface area contributed by atoms with Crippen LogP contribution in [-0.4, -0.2) is 6.61 Å². The molecule has 0 aliphatic heterocycles. The van der Waals surface area contributed by atoms with Crippen molar-refractivity contribution in [3.63, 3.8) is 0 Å². The van der Waals surface area contributed by atoms with Crippen molar-refractivity contribution in [3.8, 4) is 12.3 Å². The molecule has 0 aromatic carbocycles. The summed E-state index contributed by atoms with van der Waals surface area (Å²) in [5.74, 6) is 2.47. The largest absolute Gasteiger partial charge is 0.501 e. The lowest BCUT2D eigenvalue weighted by molar-refractivity contribution is 0.253. The molecule has 0 saturated heterocycles. The predicted molar refractivity (Wildman–Crippen MR) is 48.0 cm³/mol. The standard InChI is InChI=1S/C10H14O/c1-4-6-10(3)7-9-11-8-5-2/h1,5-6,8H,7,9H2,2-3H3/b8-5+,10-6+. The molecule has 60 valence electrons. The molecule has 0 rings (SSSR count). The average molecular weight is 150 g/mol. The fourth-order valence-electron chi connectivity index (χ4n) is 0.599. The summed E-state index contributed by atoms with van der Waals surface area (Å²) in [5, 5.41) is 0. The van der Waals surface area contributed by atoms with Gasteiger partial charge in [-0.15, -0.1) is 6.42 Å². The Morgan fingerprint density at radius 2 is 2.36 bits per heavy atom. The summed E-state index contributed by atoms with van der Waals surface area (Å²) in [7, 11) is 0. The molecule has 0 bridgehead atoms. The molecule has 1 heteroatoms. The number of ether oxygens (including phenoxy) is 1. The molecule has 0 aromatic rings. The average Bonchev–Trinajstić information content (AvgIpc) is 1.99. The number of allylic oxidation sites excluding steroid dienone is 2. The van der Waals surface area contributed by atoms with Gasteiger partial charge in [-0.25, -0.2) is 0 Å². The minimum atomic E-state index is 0.703. The maximum absolute atomic E-state index is 5.11. The van der Waals surface area contributed by atoms with Gasteiger partial charge >= 0.3 is 0 Å². The molecule has 0 radical (unpaired) electrons. The first-order valence-corrected chi connectivity index (χ1v) is 3.65. The molecule has 0 heterocycles. The molecule has 1 nitrogen and oxygen atoms in total. The van der Waals surface area contributed by atoms with Crippen molar-refractivity contribution in [3.05, 3.63) is 24.0 Å². The van der Waals surface area contributed by atoms with Gasteiger partial charge in [0.15, 0.2) is 0 Å². The van der Waals surface area contributed by atoms with E-state index in [1.165, 1.54) is 5.57 Å². The zero-order valence-corrected chi connectivity index (χ0v) is 7.13. The molecule has 0 atom stereocenters. The number of rotatable bonds is 4. The van der Waals surface area contributed by atoms with Crippen LogP contribution in [0, 0.1) is 12.3 Å². The molecule has 0 spiro atoms. The predicted octanol–water partition coefficient (Wildman–Crippen LogP) is 2.51. The highest BCUT2D eigenvalue weighted by molar-refractivity contribution is 5.15. The fraction of sp³-hybridized carbons (Fsp3) is 0.400. The number of hydrogen-bond donors (Lipinski definition) is 0. The van der Waals surface area contributed by atoms with Crippen LogP contribution < -0.4 is 0 Å². The van der Waals surface area contributed by atoms with Crippen LogP contribution in [0.25, 0.3) is 0 Å². The maximum atomic E-state index is 5.11. The van der Waals surface area contributed by atoms with Gasteiger partial charge in [0, 0.05) is 6.42 Å². The quantitative estimate of drug-likeness (QED) is 0.340. The van der Waals surface area contributed by atoms with Gasteiger partial charge in [-0.05, 0) is 19.9 Å². The maximum Gasteiger partial charge on any atom is 0.0910 e. The molecular weight excluding hydrogens is 136 g/mol. The van der Waals surface area contributed by atoms with E-state index < -0.39 is 0 Å². The lowest BCUT2D eigenvalue weighted by Crippen LogP contribution is -1.87. The van der Waals surface area contributed by atoms with Gasteiger partial charge in [0.1, 0.15) is 0 Å². The second-order valence-electron chi connectivity index (χ2n) is 2.25. The Hall–Kier alpha value is -1.16. The Morgan fingerprint density at radius 3 is 2.91 bits per heavy atom. The molecule has 11 heavy (non-hydrogen) atoms. The van der Waals surface area contributed by atoms with Crippen LogP contribution in [-0.2, 0) is 4.74 Å². The van der Waals surface area contributed by atoms with Crippen LogP contribution >= 0.6 is 0 Å². The van der Waals surface area contributed by atoms with Crippen LogP contribution in [0.4, 0.5) is 0 Å². The van der Waals surface area contributed by atoms with E-state index in [9.17, 15) is 0 Å². The van der Waals surface area contributed by atoms with Crippen molar-refractivity contribution in [2.75, 3.05) is 6.61 Å². The molecule has 0 aliphatic rings. The topological polar surface area (TPSA) is 9.23 Å². The Labute approximate surface area is 68.8 Å². The monoisotopic (exact) mass is 150 g/mol. The molecule has 0 aromatic heterocycles. The Balaban J connectivity index is 3.40. The van der Waals surface area contributed by atoms with E-state index in [-0.39, 0.29) is 0 Å². The summed E-state index contributed by atoms with van der Waals surface area (Å²) < 4.78 is 5.11. The van der Waals surface area contributed by atoms with Gasteiger partial charge in [0.2, 0.25) is 0 Å². The second kappa shape index (κ2) is 6.95. The van der Waals surface area contributed by atoms with Crippen LogP contribution in [0.15, 0.2) is 24.0 Å². The third-order valence-corrected chi connectivity index (χ3v) is 1.18. The molecule has 0 N–H and O–H groups in total. The van der Waals surface area contributed by atoms with E-state index in [1.807, 2.05) is 19.9 Å². The zero-order chi connectivity index (χ0) is 8.53. The highest BCUT2D eigenvalue weighted by Crippen LogP contribution is 1.98. The third kappa shape index (κ3) is 6.73.